The van der Waals surface area contributed by atoms with E-state index in [0.29, 0.717) is 0 Å². The van der Waals surface area contributed by atoms with Gasteiger partial charge in [-0.05, 0) is 24.1 Å². The highest BCUT2D eigenvalue weighted by Gasteiger charge is 2.20. The van der Waals surface area contributed by atoms with Crippen LogP contribution in [-0.2, 0) is 5.75 Å². The van der Waals surface area contributed by atoms with Gasteiger partial charge in [0.2, 0.25) is 0 Å². The zero-order valence-electron chi connectivity index (χ0n) is 11.2. The van der Waals surface area contributed by atoms with E-state index in [4.69, 9.17) is 5.73 Å². The van der Waals surface area contributed by atoms with E-state index in [1.807, 2.05) is 36.2 Å². The monoisotopic (exact) mass is 272 g/mol. The normalized spacial score (nSPS) is 14.0. The van der Waals surface area contributed by atoms with Gasteiger partial charge in [-0.15, -0.1) is 11.8 Å². The Bertz CT molecular complexity index is 473. The summed E-state index contributed by atoms with van der Waals surface area (Å²) in [6, 6.07) is 16.7. The van der Waals surface area contributed by atoms with Crippen molar-refractivity contribution in [3.63, 3.8) is 0 Å². The summed E-state index contributed by atoms with van der Waals surface area (Å²) < 4.78 is 0. The van der Waals surface area contributed by atoms with Crippen molar-refractivity contribution in [2.45, 2.75) is 30.4 Å². The number of hydrogen-bond donors (Lipinski definition) is 1. The van der Waals surface area contributed by atoms with E-state index in [9.17, 15) is 0 Å². The molecular formula is C16H20N2S. The highest BCUT2D eigenvalue weighted by molar-refractivity contribution is 7.98. The number of aromatic nitrogens is 1. The van der Waals surface area contributed by atoms with E-state index in [0.717, 1.165) is 17.9 Å². The van der Waals surface area contributed by atoms with Crippen molar-refractivity contribution in [2.75, 3.05) is 0 Å². The molecule has 0 fully saturated rings. The second-order valence-corrected chi connectivity index (χ2v) is 5.67. The van der Waals surface area contributed by atoms with E-state index < -0.39 is 0 Å². The molecule has 1 aromatic carbocycles. The van der Waals surface area contributed by atoms with Crippen LogP contribution < -0.4 is 5.73 Å². The van der Waals surface area contributed by atoms with E-state index in [1.54, 1.807) is 0 Å². The van der Waals surface area contributed by atoms with Crippen molar-refractivity contribution in [1.29, 1.82) is 0 Å². The van der Waals surface area contributed by atoms with Crippen LogP contribution >= 0.6 is 11.8 Å². The summed E-state index contributed by atoms with van der Waals surface area (Å²) in [6.07, 6.45) is 2.80. The third-order valence-electron chi connectivity index (χ3n) is 3.11. The molecule has 1 aromatic heterocycles. The molecule has 0 aliphatic rings. The fourth-order valence-electron chi connectivity index (χ4n) is 1.95. The molecule has 2 nitrogen and oxygen atoms in total. The summed E-state index contributed by atoms with van der Waals surface area (Å²) in [5.74, 6) is 0.968. The van der Waals surface area contributed by atoms with E-state index in [1.165, 1.54) is 5.56 Å². The molecule has 2 N–H and O–H groups in total. The van der Waals surface area contributed by atoms with Crippen LogP contribution in [0.5, 0.6) is 0 Å². The van der Waals surface area contributed by atoms with E-state index >= 15 is 0 Å². The molecule has 2 rings (SSSR count). The molecular weight excluding hydrogens is 252 g/mol. The lowest BCUT2D eigenvalue weighted by molar-refractivity contribution is 0.624. The molecule has 0 spiro atoms. The van der Waals surface area contributed by atoms with Gasteiger partial charge in [-0.2, -0.15) is 0 Å². The molecule has 0 radical (unpaired) electrons. The van der Waals surface area contributed by atoms with Crippen molar-refractivity contribution in [2.24, 2.45) is 5.73 Å². The minimum Gasteiger partial charge on any atom is -0.326 e. The summed E-state index contributed by atoms with van der Waals surface area (Å²) >= 11 is 1.87. The molecule has 0 bridgehead atoms. The highest BCUT2D eigenvalue weighted by atomic mass is 32.2. The molecule has 0 saturated carbocycles. The zero-order chi connectivity index (χ0) is 13.5. The first-order valence-corrected chi connectivity index (χ1v) is 7.68. The minimum absolute atomic E-state index is 0.142. The van der Waals surface area contributed by atoms with E-state index in [2.05, 4.69) is 42.2 Å². The number of hydrogen-bond acceptors (Lipinski definition) is 3. The quantitative estimate of drug-likeness (QED) is 0.869. The molecule has 2 atom stereocenters. The topological polar surface area (TPSA) is 38.9 Å². The zero-order valence-corrected chi connectivity index (χ0v) is 12.0. The number of pyridine rings is 1. The number of benzene rings is 1. The molecule has 0 aliphatic carbocycles. The largest absolute Gasteiger partial charge is 0.326 e. The molecule has 19 heavy (non-hydrogen) atoms. The van der Waals surface area contributed by atoms with Crippen LogP contribution in [0.3, 0.4) is 0 Å². The maximum absolute atomic E-state index is 6.25. The van der Waals surface area contributed by atoms with Crippen molar-refractivity contribution >= 4 is 11.8 Å². The molecule has 100 valence electrons. The van der Waals surface area contributed by atoms with Gasteiger partial charge >= 0.3 is 0 Å². The first-order chi connectivity index (χ1) is 9.31. The van der Waals surface area contributed by atoms with Gasteiger partial charge in [0.05, 0.1) is 10.9 Å². The predicted molar refractivity (Wildman–Crippen MR) is 83.0 cm³/mol. The second kappa shape index (κ2) is 7.31. The van der Waals surface area contributed by atoms with Crippen LogP contribution in [0.2, 0.25) is 0 Å². The standard InChI is InChI=1S/C16H20N2S/c1-2-14(17)16(15-10-6-7-11-18-15)19-12-13-8-4-3-5-9-13/h3-11,14,16H,2,12,17H2,1H3. The summed E-state index contributed by atoms with van der Waals surface area (Å²) in [4.78, 5) is 4.46. The van der Waals surface area contributed by atoms with Crippen LogP contribution in [0.4, 0.5) is 0 Å². The number of thioether (sulfide) groups is 1. The third-order valence-corrected chi connectivity index (χ3v) is 4.56. The Kier molecular flexibility index (Phi) is 5.43. The first-order valence-electron chi connectivity index (χ1n) is 6.63. The molecule has 0 amide bonds. The molecule has 3 heteroatoms. The Balaban J connectivity index is 2.07. The van der Waals surface area contributed by atoms with Gasteiger partial charge in [0.25, 0.3) is 0 Å². The Hall–Kier alpha value is -1.32. The number of nitrogens with two attached hydrogens (primary N) is 1. The Morgan fingerprint density at radius 2 is 1.84 bits per heavy atom. The minimum atomic E-state index is 0.142. The van der Waals surface area contributed by atoms with Crippen LogP contribution in [0, 0.1) is 0 Å². The maximum atomic E-state index is 6.25. The molecule has 0 aliphatic heterocycles. The Morgan fingerprint density at radius 1 is 1.11 bits per heavy atom. The van der Waals surface area contributed by atoms with E-state index in [-0.39, 0.29) is 11.3 Å². The van der Waals surface area contributed by atoms with Crippen molar-refractivity contribution in [1.82, 2.24) is 4.98 Å². The van der Waals surface area contributed by atoms with Crippen molar-refractivity contribution < 1.29 is 0 Å². The lowest BCUT2D eigenvalue weighted by atomic mass is 10.1. The van der Waals surface area contributed by atoms with Gasteiger partial charge in [-0.3, -0.25) is 4.98 Å². The fraction of sp³-hybridized carbons (Fsp3) is 0.312. The van der Waals surface area contributed by atoms with Crippen LogP contribution in [-0.4, -0.2) is 11.0 Å². The van der Waals surface area contributed by atoms with Crippen molar-refractivity contribution in [3.8, 4) is 0 Å². The first kappa shape index (κ1) is 14.1. The second-order valence-electron chi connectivity index (χ2n) is 4.54. The number of rotatable bonds is 6. The van der Waals surface area contributed by atoms with Gasteiger partial charge in [0, 0.05) is 18.0 Å². The van der Waals surface area contributed by atoms with Crippen LogP contribution in [0.15, 0.2) is 54.7 Å². The maximum Gasteiger partial charge on any atom is 0.0624 e. The fourth-order valence-corrected chi connectivity index (χ4v) is 3.26. The average Bonchev–Trinajstić information content (AvgIpc) is 2.49. The third kappa shape index (κ3) is 4.08. The predicted octanol–water partition coefficient (Wildman–Crippen LogP) is 3.79. The van der Waals surface area contributed by atoms with Crippen molar-refractivity contribution in [3.05, 3.63) is 66.0 Å². The van der Waals surface area contributed by atoms with Gasteiger partial charge in [-0.1, -0.05) is 43.3 Å². The summed E-state index contributed by atoms with van der Waals surface area (Å²) in [7, 11) is 0. The molecule has 2 aromatic rings. The average molecular weight is 272 g/mol. The summed E-state index contributed by atoms with van der Waals surface area (Å²) in [6.45, 7) is 2.13. The van der Waals surface area contributed by atoms with Gasteiger partial charge in [0.1, 0.15) is 0 Å². The van der Waals surface area contributed by atoms with Gasteiger partial charge < -0.3 is 5.73 Å². The molecule has 1 heterocycles. The smallest absolute Gasteiger partial charge is 0.0624 e. The lowest BCUT2D eigenvalue weighted by Crippen LogP contribution is -2.26. The Morgan fingerprint density at radius 3 is 2.47 bits per heavy atom. The summed E-state index contributed by atoms with van der Waals surface area (Å²) in [5, 5.41) is 0.256. The van der Waals surface area contributed by atoms with Crippen LogP contribution in [0.1, 0.15) is 29.9 Å². The molecule has 0 saturated heterocycles. The SMILES string of the molecule is CCC(N)C(SCc1ccccc1)c1ccccn1. The lowest BCUT2D eigenvalue weighted by Gasteiger charge is -2.22. The van der Waals surface area contributed by atoms with Gasteiger partial charge in [0.15, 0.2) is 0 Å². The molecule has 2 unspecified atom stereocenters. The highest BCUT2D eigenvalue weighted by Crippen LogP contribution is 2.33. The van der Waals surface area contributed by atoms with Gasteiger partial charge in [-0.25, -0.2) is 0 Å². The number of nitrogens with zero attached hydrogens (tertiary/aromatic N) is 1. The summed E-state index contributed by atoms with van der Waals surface area (Å²) in [5.41, 5.74) is 8.66. The van der Waals surface area contributed by atoms with Crippen LogP contribution in [0.25, 0.3) is 0 Å². The Labute approximate surface area is 119 Å².